The van der Waals surface area contributed by atoms with Crippen LogP contribution in [0.5, 0.6) is 0 Å². The largest absolute Gasteiger partial charge is 0.309 e. The summed E-state index contributed by atoms with van der Waals surface area (Å²) in [4.78, 5) is 2.73. The molecule has 1 aliphatic heterocycles. The van der Waals surface area contributed by atoms with Crippen molar-refractivity contribution >= 4 is 11.8 Å². The molecule has 1 saturated heterocycles. The van der Waals surface area contributed by atoms with Crippen LogP contribution in [0.1, 0.15) is 40.5 Å². The third kappa shape index (κ3) is 4.15. The lowest BCUT2D eigenvalue weighted by Crippen LogP contribution is -2.64. The molecule has 0 aromatic carbocycles. The zero-order valence-electron chi connectivity index (χ0n) is 12.3. The Morgan fingerprint density at radius 2 is 2.18 bits per heavy atom. The SMILES string of the molecule is CCC(C)C1CNC(C)(CC)CN1CCSC. The number of hydrogen-bond acceptors (Lipinski definition) is 3. The van der Waals surface area contributed by atoms with E-state index in [4.69, 9.17) is 0 Å². The molecule has 3 atom stereocenters. The molecule has 1 aliphatic rings. The van der Waals surface area contributed by atoms with E-state index in [9.17, 15) is 0 Å². The van der Waals surface area contributed by atoms with Crippen molar-refractivity contribution in [2.75, 3.05) is 31.6 Å². The highest BCUT2D eigenvalue weighted by molar-refractivity contribution is 7.98. The Labute approximate surface area is 112 Å². The summed E-state index contributed by atoms with van der Waals surface area (Å²) in [5, 5.41) is 3.77. The summed E-state index contributed by atoms with van der Waals surface area (Å²) in [5.74, 6) is 2.05. The molecule has 0 aliphatic carbocycles. The Balaban J connectivity index is 2.65. The lowest BCUT2D eigenvalue weighted by Gasteiger charge is -2.48. The molecule has 3 heteroatoms. The monoisotopic (exact) mass is 258 g/mol. The number of piperazine rings is 1. The molecular formula is C14H30N2S. The molecule has 0 amide bonds. The molecule has 0 bridgehead atoms. The van der Waals surface area contributed by atoms with Crippen LogP contribution in [-0.4, -0.2) is 48.1 Å². The van der Waals surface area contributed by atoms with Crippen LogP contribution in [0, 0.1) is 5.92 Å². The van der Waals surface area contributed by atoms with E-state index in [1.165, 1.54) is 31.7 Å². The van der Waals surface area contributed by atoms with Crippen molar-refractivity contribution in [2.45, 2.75) is 52.1 Å². The molecule has 3 unspecified atom stereocenters. The van der Waals surface area contributed by atoms with Crippen LogP contribution < -0.4 is 5.32 Å². The van der Waals surface area contributed by atoms with Crippen molar-refractivity contribution in [2.24, 2.45) is 5.92 Å². The highest BCUT2D eigenvalue weighted by Crippen LogP contribution is 2.24. The minimum Gasteiger partial charge on any atom is -0.309 e. The van der Waals surface area contributed by atoms with E-state index < -0.39 is 0 Å². The van der Waals surface area contributed by atoms with Gasteiger partial charge < -0.3 is 5.32 Å². The lowest BCUT2D eigenvalue weighted by molar-refractivity contribution is 0.0607. The van der Waals surface area contributed by atoms with E-state index in [-0.39, 0.29) is 0 Å². The smallest absolute Gasteiger partial charge is 0.0278 e. The van der Waals surface area contributed by atoms with Crippen molar-refractivity contribution in [3.05, 3.63) is 0 Å². The molecule has 0 radical (unpaired) electrons. The third-order valence-electron chi connectivity index (χ3n) is 4.42. The second-order valence-corrected chi connectivity index (χ2v) is 6.70. The fourth-order valence-corrected chi connectivity index (χ4v) is 3.04. The van der Waals surface area contributed by atoms with Gasteiger partial charge in [-0.25, -0.2) is 0 Å². The standard InChI is InChI=1S/C14H30N2S/c1-6-12(3)13-10-15-14(4,7-2)11-16(13)8-9-17-5/h12-13,15H,6-11H2,1-5H3. The van der Waals surface area contributed by atoms with Crippen molar-refractivity contribution < 1.29 is 0 Å². The summed E-state index contributed by atoms with van der Waals surface area (Å²) < 4.78 is 0. The van der Waals surface area contributed by atoms with Crippen LogP contribution >= 0.6 is 11.8 Å². The fraction of sp³-hybridized carbons (Fsp3) is 1.00. The topological polar surface area (TPSA) is 15.3 Å². The predicted octanol–water partition coefficient (Wildman–Crippen LogP) is 2.84. The summed E-state index contributed by atoms with van der Waals surface area (Å²) >= 11 is 1.96. The number of rotatable bonds is 6. The zero-order valence-corrected chi connectivity index (χ0v) is 13.1. The van der Waals surface area contributed by atoms with Crippen molar-refractivity contribution in [1.82, 2.24) is 10.2 Å². The van der Waals surface area contributed by atoms with E-state index >= 15 is 0 Å². The average Bonchev–Trinajstić information content (AvgIpc) is 2.35. The Morgan fingerprint density at radius 3 is 2.71 bits per heavy atom. The van der Waals surface area contributed by atoms with Gasteiger partial charge in [0.05, 0.1) is 0 Å². The highest BCUT2D eigenvalue weighted by atomic mass is 32.2. The maximum atomic E-state index is 3.77. The van der Waals surface area contributed by atoms with Crippen LogP contribution in [0.25, 0.3) is 0 Å². The zero-order chi connectivity index (χ0) is 12.9. The molecule has 1 heterocycles. The van der Waals surface area contributed by atoms with Crippen molar-refractivity contribution in [1.29, 1.82) is 0 Å². The Hall–Kier alpha value is 0.270. The van der Waals surface area contributed by atoms with E-state index in [1.807, 2.05) is 11.8 Å². The summed E-state index contributed by atoms with van der Waals surface area (Å²) in [7, 11) is 0. The molecule has 1 fully saturated rings. The second kappa shape index (κ2) is 7.01. The first-order valence-corrected chi connectivity index (χ1v) is 8.43. The minimum atomic E-state index is 0.322. The molecule has 17 heavy (non-hydrogen) atoms. The van der Waals surface area contributed by atoms with Crippen molar-refractivity contribution in [3.63, 3.8) is 0 Å². The van der Waals surface area contributed by atoms with Gasteiger partial charge in [0.15, 0.2) is 0 Å². The first-order chi connectivity index (χ1) is 8.06. The van der Waals surface area contributed by atoms with Crippen LogP contribution in [0.4, 0.5) is 0 Å². The molecule has 102 valence electrons. The van der Waals surface area contributed by atoms with Gasteiger partial charge in [-0.2, -0.15) is 11.8 Å². The molecule has 0 aromatic heterocycles. The fourth-order valence-electron chi connectivity index (χ4n) is 2.62. The van der Waals surface area contributed by atoms with Crippen LogP contribution in [0.3, 0.4) is 0 Å². The number of hydrogen-bond donors (Lipinski definition) is 1. The van der Waals surface area contributed by atoms with E-state index in [1.54, 1.807) is 0 Å². The third-order valence-corrected chi connectivity index (χ3v) is 5.01. The van der Waals surface area contributed by atoms with E-state index in [0.717, 1.165) is 18.5 Å². The maximum absolute atomic E-state index is 3.77. The number of nitrogens with zero attached hydrogens (tertiary/aromatic N) is 1. The first kappa shape index (κ1) is 15.3. The van der Waals surface area contributed by atoms with Crippen molar-refractivity contribution in [3.8, 4) is 0 Å². The number of thioether (sulfide) groups is 1. The van der Waals surface area contributed by atoms with E-state index in [0.29, 0.717) is 5.54 Å². The molecule has 0 spiro atoms. The highest BCUT2D eigenvalue weighted by Gasteiger charge is 2.35. The van der Waals surface area contributed by atoms with Gasteiger partial charge in [0.25, 0.3) is 0 Å². The van der Waals surface area contributed by atoms with Crippen LogP contribution in [0.2, 0.25) is 0 Å². The van der Waals surface area contributed by atoms with E-state index in [2.05, 4.69) is 44.2 Å². The van der Waals surface area contributed by atoms with Gasteiger partial charge in [-0.3, -0.25) is 4.90 Å². The molecule has 2 nitrogen and oxygen atoms in total. The van der Waals surface area contributed by atoms with Gasteiger partial charge in [-0.1, -0.05) is 27.2 Å². The lowest BCUT2D eigenvalue weighted by atomic mass is 9.88. The van der Waals surface area contributed by atoms with Gasteiger partial charge in [0.1, 0.15) is 0 Å². The van der Waals surface area contributed by atoms with Gasteiger partial charge >= 0.3 is 0 Å². The maximum Gasteiger partial charge on any atom is 0.0278 e. The van der Waals surface area contributed by atoms with Gasteiger partial charge in [0.2, 0.25) is 0 Å². The molecule has 0 aromatic rings. The summed E-state index contributed by atoms with van der Waals surface area (Å²) in [6.45, 7) is 13.0. The number of nitrogens with one attached hydrogen (secondary N) is 1. The predicted molar refractivity (Wildman–Crippen MR) is 79.9 cm³/mol. The van der Waals surface area contributed by atoms with Gasteiger partial charge in [0, 0.05) is 37.0 Å². The Morgan fingerprint density at radius 1 is 1.47 bits per heavy atom. The quantitative estimate of drug-likeness (QED) is 0.789. The average molecular weight is 258 g/mol. The summed E-state index contributed by atoms with van der Waals surface area (Å²) in [6.07, 6.45) is 4.71. The minimum absolute atomic E-state index is 0.322. The molecule has 1 rings (SSSR count). The van der Waals surface area contributed by atoms with Gasteiger partial charge in [-0.15, -0.1) is 0 Å². The summed E-state index contributed by atoms with van der Waals surface area (Å²) in [5.41, 5.74) is 0.322. The van der Waals surface area contributed by atoms with Crippen LogP contribution in [-0.2, 0) is 0 Å². The second-order valence-electron chi connectivity index (χ2n) is 5.71. The summed E-state index contributed by atoms with van der Waals surface area (Å²) in [6, 6.07) is 0.728. The van der Waals surface area contributed by atoms with Crippen LogP contribution in [0.15, 0.2) is 0 Å². The molecule has 1 N–H and O–H groups in total. The Bertz CT molecular complexity index is 222. The van der Waals surface area contributed by atoms with Gasteiger partial charge in [-0.05, 0) is 25.5 Å². The normalized spacial score (nSPS) is 32.6. The molecule has 0 saturated carbocycles. The first-order valence-electron chi connectivity index (χ1n) is 7.04. The Kier molecular flexibility index (Phi) is 6.32. The molecular weight excluding hydrogens is 228 g/mol.